The Hall–Kier alpha value is -1.55. The van der Waals surface area contributed by atoms with Gasteiger partial charge in [-0.25, -0.2) is 0 Å². The average Bonchev–Trinajstić information content (AvgIpc) is 2.37. The molecule has 0 aliphatic rings. The summed E-state index contributed by atoms with van der Waals surface area (Å²) in [5.74, 6) is 5.59. The molecule has 0 saturated carbocycles. The Kier molecular flexibility index (Phi) is 5.83. The largest absolute Gasteiger partial charge is 0.320 e. The van der Waals surface area contributed by atoms with E-state index in [0.717, 1.165) is 5.56 Å². The van der Waals surface area contributed by atoms with E-state index in [-0.39, 0.29) is 6.54 Å². The van der Waals surface area contributed by atoms with Gasteiger partial charge in [0.15, 0.2) is 0 Å². The lowest BCUT2D eigenvalue weighted by Crippen LogP contribution is -2.35. The van der Waals surface area contributed by atoms with E-state index < -0.39 is 10.2 Å². The molecule has 0 aliphatic heterocycles. The SMILES string of the molecule is CCN(CC)S(=O)(=O)Nc1cccc(C#CCN)c1. The molecule has 0 aromatic heterocycles. The van der Waals surface area contributed by atoms with Crippen molar-refractivity contribution >= 4 is 15.9 Å². The van der Waals surface area contributed by atoms with E-state index in [4.69, 9.17) is 5.73 Å². The van der Waals surface area contributed by atoms with Crippen LogP contribution >= 0.6 is 0 Å². The Balaban J connectivity index is 2.94. The van der Waals surface area contributed by atoms with Gasteiger partial charge in [0.05, 0.1) is 12.2 Å². The summed E-state index contributed by atoms with van der Waals surface area (Å²) < 4.78 is 28.0. The predicted octanol–water partition coefficient (Wildman–Crippen LogP) is 0.995. The molecule has 0 heterocycles. The van der Waals surface area contributed by atoms with Gasteiger partial charge in [0, 0.05) is 18.7 Å². The third-order valence-corrected chi connectivity index (χ3v) is 4.18. The zero-order chi connectivity index (χ0) is 14.3. The Morgan fingerprint density at radius 1 is 1.32 bits per heavy atom. The summed E-state index contributed by atoms with van der Waals surface area (Å²) in [7, 11) is -3.50. The molecule has 0 saturated heterocycles. The predicted molar refractivity (Wildman–Crippen MR) is 77.8 cm³/mol. The minimum atomic E-state index is -3.50. The van der Waals surface area contributed by atoms with E-state index in [9.17, 15) is 8.42 Å². The van der Waals surface area contributed by atoms with Crippen LogP contribution in [-0.2, 0) is 10.2 Å². The summed E-state index contributed by atoms with van der Waals surface area (Å²) in [6.07, 6.45) is 0. The van der Waals surface area contributed by atoms with Crippen LogP contribution in [0.1, 0.15) is 19.4 Å². The highest BCUT2D eigenvalue weighted by atomic mass is 32.2. The zero-order valence-electron chi connectivity index (χ0n) is 11.2. The Labute approximate surface area is 115 Å². The lowest BCUT2D eigenvalue weighted by molar-refractivity contribution is 0.449. The summed E-state index contributed by atoms with van der Waals surface area (Å²) >= 11 is 0. The number of hydrogen-bond acceptors (Lipinski definition) is 3. The van der Waals surface area contributed by atoms with E-state index in [2.05, 4.69) is 16.6 Å². The number of benzene rings is 1. The quantitative estimate of drug-likeness (QED) is 0.790. The summed E-state index contributed by atoms with van der Waals surface area (Å²) in [5.41, 5.74) is 6.52. The summed E-state index contributed by atoms with van der Waals surface area (Å²) in [6.45, 7) is 4.73. The minimum absolute atomic E-state index is 0.273. The second-order valence-electron chi connectivity index (χ2n) is 3.78. The zero-order valence-corrected chi connectivity index (χ0v) is 12.0. The molecular weight excluding hydrogens is 262 g/mol. The fourth-order valence-corrected chi connectivity index (χ4v) is 2.82. The van der Waals surface area contributed by atoms with Crippen molar-refractivity contribution in [3.63, 3.8) is 0 Å². The average molecular weight is 281 g/mol. The molecule has 0 amide bonds. The van der Waals surface area contributed by atoms with Crippen molar-refractivity contribution in [2.45, 2.75) is 13.8 Å². The third-order valence-electron chi connectivity index (χ3n) is 2.49. The van der Waals surface area contributed by atoms with Gasteiger partial charge in [-0.05, 0) is 18.2 Å². The molecule has 0 fully saturated rings. The van der Waals surface area contributed by atoms with Gasteiger partial charge in [0.2, 0.25) is 0 Å². The van der Waals surface area contributed by atoms with Gasteiger partial charge in [-0.1, -0.05) is 31.8 Å². The van der Waals surface area contributed by atoms with Crippen LogP contribution < -0.4 is 10.5 Å². The first-order valence-corrected chi connectivity index (χ1v) is 7.54. The summed E-state index contributed by atoms with van der Waals surface area (Å²) in [6, 6.07) is 6.93. The van der Waals surface area contributed by atoms with Gasteiger partial charge in [-0.15, -0.1) is 0 Å². The summed E-state index contributed by atoms with van der Waals surface area (Å²) in [4.78, 5) is 0. The van der Waals surface area contributed by atoms with Crippen LogP contribution in [0.5, 0.6) is 0 Å². The van der Waals surface area contributed by atoms with Crippen molar-refractivity contribution in [1.82, 2.24) is 4.31 Å². The molecule has 1 aromatic rings. The van der Waals surface area contributed by atoms with Crippen LogP contribution in [0.4, 0.5) is 5.69 Å². The standard InChI is InChI=1S/C13H19N3O2S/c1-3-16(4-2)19(17,18)15-13-9-5-7-12(11-13)8-6-10-14/h5,7,9,11,15H,3-4,10,14H2,1-2H3. The molecule has 1 aromatic carbocycles. The van der Waals surface area contributed by atoms with Gasteiger partial charge in [0.25, 0.3) is 0 Å². The van der Waals surface area contributed by atoms with E-state index in [1.165, 1.54) is 4.31 Å². The van der Waals surface area contributed by atoms with Crippen LogP contribution in [0.15, 0.2) is 24.3 Å². The number of nitrogens with one attached hydrogen (secondary N) is 1. The van der Waals surface area contributed by atoms with Crippen molar-refractivity contribution < 1.29 is 8.42 Å². The molecule has 3 N–H and O–H groups in total. The van der Waals surface area contributed by atoms with Gasteiger partial charge >= 0.3 is 10.2 Å². The smallest absolute Gasteiger partial charge is 0.301 e. The number of rotatable bonds is 5. The van der Waals surface area contributed by atoms with Crippen molar-refractivity contribution in [2.75, 3.05) is 24.4 Å². The van der Waals surface area contributed by atoms with Crippen molar-refractivity contribution in [1.29, 1.82) is 0 Å². The number of nitrogens with zero attached hydrogens (tertiary/aromatic N) is 1. The Morgan fingerprint density at radius 2 is 2.00 bits per heavy atom. The molecule has 104 valence electrons. The van der Waals surface area contributed by atoms with Gasteiger partial charge in [-0.3, -0.25) is 4.72 Å². The maximum atomic E-state index is 12.0. The molecule has 0 bridgehead atoms. The second kappa shape index (κ2) is 7.14. The fraction of sp³-hybridized carbons (Fsp3) is 0.385. The van der Waals surface area contributed by atoms with Crippen LogP contribution in [0.2, 0.25) is 0 Å². The van der Waals surface area contributed by atoms with E-state index >= 15 is 0 Å². The van der Waals surface area contributed by atoms with Crippen molar-refractivity contribution in [3.8, 4) is 11.8 Å². The van der Waals surface area contributed by atoms with Crippen LogP contribution in [0.25, 0.3) is 0 Å². The molecule has 6 heteroatoms. The highest BCUT2D eigenvalue weighted by Crippen LogP contribution is 2.13. The molecule has 0 aliphatic carbocycles. The van der Waals surface area contributed by atoms with Crippen molar-refractivity contribution in [3.05, 3.63) is 29.8 Å². The molecule has 0 spiro atoms. The highest BCUT2D eigenvalue weighted by Gasteiger charge is 2.18. The monoisotopic (exact) mass is 281 g/mol. The molecule has 1 rings (SSSR count). The maximum absolute atomic E-state index is 12.0. The first-order chi connectivity index (χ1) is 9.03. The molecule has 0 radical (unpaired) electrons. The fourth-order valence-electron chi connectivity index (χ4n) is 1.59. The molecule has 5 nitrogen and oxygen atoms in total. The van der Waals surface area contributed by atoms with Gasteiger partial charge < -0.3 is 5.73 Å². The summed E-state index contributed by atoms with van der Waals surface area (Å²) in [5, 5.41) is 0. The van der Waals surface area contributed by atoms with Crippen molar-refractivity contribution in [2.24, 2.45) is 5.73 Å². The normalized spacial score (nSPS) is 10.9. The molecule has 19 heavy (non-hydrogen) atoms. The van der Waals surface area contributed by atoms with Crippen LogP contribution in [-0.4, -0.2) is 32.4 Å². The first kappa shape index (κ1) is 15.5. The number of nitrogens with two attached hydrogens (primary N) is 1. The molecular formula is C13H19N3O2S. The lowest BCUT2D eigenvalue weighted by atomic mass is 10.2. The van der Waals surface area contributed by atoms with Crippen LogP contribution in [0.3, 0.4) is 0 Å². The van der Waals surface area contributed by atoms with E-state index in [1.807, 2.05) is 0 Å². The van der Waals surface area contributed by atoms with E-state index in [1.54, 1.807) is 38.1 Å². The second-order valence-corrected chi connectivity index (χ2v) is 5.45. The Morgan fingerprint density at radius 3 is 2.58 bits per heavy atom. The molecule has 0 unspecified atom stereocenters. The first-order valence-electron chi connectivity index (χ1n) is 6.10. The lowest BCUT2D eigenvalue weighted by Gasteiger charge is -2.19. The maximum Gasteiger partial charge on any atom is 0.301 e. The van der Waals surface area contributed by atoms with E-state index in [0.29, 0.717) is 18.8 Å². The minimum Gasteiger partial charge on any atom is -0.320 e. The third kappa shape index (κ3) is 4.56. The number of hydrogen-bond donors (Lipinski definition) is 2. The highest BCUT2D eigenvalue weighted by molar-refractivity contribution is 7.90. The van der Waals surface area contributed by atoms with Gasteiger partial charge in [0.1, 0.15) is 0 Å². The molecule has 0 atom stereocenters. The topological polar surface area (TPSA) is 75.4 Å². The van der Waals surface area contributed by atoms with Crippen LogP contribution in [0, 0.1) is 11.8 Å². The Bertz CT molecular complexity index is 569. The van der Waals surface area contributed by atoms with Gasteiger partial charge in [-0.2, -0.15) is 12.7 Å². The number of anilines is 1.